The minimum Gasteiger partial charge on any atom is -0.491 e. The van der Waals surface area contributed by atoms with Crippen molar-refractivity contribution in [3.8, 4) is 11.4 Å². The van der Waals surface area contributed by atoms with E-state index in [1.807, 2.05) is 74.5 Å². The molecule has 2 aliphatic heterocycles. The summed E-state index contributed by atoms with van der Waals surface area (Å²) in [7, 11) is 0. The van der Waals surface area contributed by atoms with E-state index in [0.717, 1.165) is 55.7 Å². The molecule has 0 spiro atoms. The Kier molecular flexibility index (Phi) is 9.39. The summed E-state index contributed by atoms with van der Waals surface area (Å²) in [5.41, 5.74) is 4.28. The third-order valence-corrected chi connectivity index (χ3v) is 9.99. The molecule has 4 aromatic carbocycles. The van der Waals surface area contributed by atoms with E-state index < -0.39 is 23.5 Å². The highest BCUT2D eigenvalue weighted by Gasteiger charge is 2.46. The van der Waals surface area contributed by atoms with Gasteiger partial charge in [-0.2, -0.15) is 20.1 Å². The van der Waals surface area contributed by atoms with Crippen molar-refractivity contribution in [2.24, 2.45) is 0 Å². The van der Waals surface area contributed by atoms with Crippen LogP contribution in [0, 0.1) is 11.6 Å². The number of benzene rings is 4. The van der Waals surface area contributed by atoms with E-state index in [1.54, 1.807) is 10.9 Å². The fraction of sp³-hybridized carbons (Fsp3) is 0.333. The molecule has 0 saturated carbocycles. The van der Waals surface area contributed by atoms with Crippen LogP contribution in [-0.4, -0.2) is 74.8 Å². The summed E-state index contributed by atoms with van der Waals surface area (Å²) < 4.78 is 50.7. The lowest BCUT2D eigenvalue weighted by atomic mass is 10.0. The molecule has 0 bridgehead atoms. The fourth-order valence-corrected chi connectivity index (χ4v) is 6.87. The molecule has 274 valence electrons. The summed E-state index contributed by atoms with van der Waals surface area (Å²) in [6, 6.07) is 26.7. The Bertz CT molecular complexity index is 2220. The molecule has 4 heterocycles. The van der Waals surface area contributed by atoms with E-state index in [1.165, 1.54) is 21.6 Å². The lowest BCUT2D eigenvalue weighted by Gasteiger charge is -2.37. The maximum absolute atomic E-state index is 15.1. The van der Waals surface area contributed by atoms with Crippen LogP contribution in [-0.2, 0) is 21.8 Å². The minimum absolute atomic E-state index is 0.0414. The van der Waals surface area contributed by atoms with Crippen LogP contribution in [0.25, 0.3) is 16.7 Å². The highest BCUT2D eigenvalue weighted by Crippen LogP contribution is 2.38. The zero-order chi connectivity index (χ0) is 36.5. The Morgan fingerprint density at radius 1 is 0.868 bits per heavy atom. The minimum atomic E-state index is -1.58. The van der Waals surface area contributed by atoms with Crippen LogP contribution < -0.4 is 20.2 Å². The van der Waals surface area contributed by atoms with Crippen LogP contribution in [0.3, 0.4) is 0 Å². The van der Waals surface area contributed by atoms with E-state index in [0.29, 0.717) is 16.8 Å². The molecule has 0 N–H and O–H groups in total. The highest BCUT2D eigenvalue weighted by atomic mass is 19.1. The van der Waals surface area contributed by atoms with Crippen molar-refractivity contribution in [3.63, 3.8) is 0 Å². The Labute approximate surface area is 304 Å². The zero-order valence-electron chi connectivity index (χ0n) is 29.5. The number of rotatable bonds is 11. The van der Waals surface area contributed by atoms with E-state index in [4.69, 9.17) is 14.2 Å². The molecule has 8 rings (SSSR count). The quantitative estimate of drug-likeness (QED) is 0.167. The number of hydrogen-bond acceptors (Lipinski definition) is 9. The Balaban J connectivity index is 0.868. The predicted octanol–water partition coefficient (Wildman–Crippen LogP) is 5.70. The normalized spacial score (nSPS) is 19.6. The van der Waals surface area contributed by atoms with Crippen LogP contribution in [0.4, 0.5) is 20.2 Å². The summed E-state index contributed by atoms with van der Waals surface area (Å²) in [6.07, 6.45) is 1.89. The standard InChI is InChI=1S/C39H40F2N8O4/c1-3-27(2)49-38(50)47(26-42-49)31-11-9-29(10-12-31)45-18-20-46(21-19-45)30-13-15-32(16-14-30)51-23-33-24-52-39(53-33,34-17-8-28(40)22-35(34)41)25-48-43-36-6-4-5-7-37(36)44-48/h4-17,22,26-27,33H,3,18-21,23-25H2,1-2H3. The van der Waals surface area contributed by atoms with Gasteiger partial charge in [0, 0.05) is 49.2 Å². The molecule has 53 heavy (non-hydrogen) atoms. The van der Waals surface area contributed by atoms with Crippen molar-refractivity contribution in [1.82, 2.24) is 29.3 Å². The van der Waals surface area contributed by atoms with Gasteiger partial charge in [-0.15, -0.1) is 0 Å². The molecule has 3 unspecified atom stereocenters. The number of halogens is 2. The summed E-state index contributed by atoms with van der Waals surface area (Å²) >= 11 is 0. The molecule has 2 fully saturated rings. The van der Waals surface area contributed by atoms with Crippen molar-refractivity contribution in [2.45, 2.75) is 44.7 Å². The second kappa shape index (κ2) is 14.4. The van der Waals surface area contributed by atoms with Gasteiger partial charge in [0.1, 0.15) is 54.0 Å². The van der Waals surface area contributed by atoms with Gasteiger partial charge in [-0.1, -0.05) is 19.1 Å². The van der Waals surface area contributed by atoms with Gasteiger partial charge in [0.15, 0.2) is 0 Å². The van der Waals surface area contributed by atoms with Crippen LogP contribution in [0.15, 0.2) is 102 Å². The third-order valence-electron chi connectivity index (χ3n) is 9.99. The number of hydrogen-bond donors (Lipinski definition) is 0. The van der Waals surface area contributed by atoms with Gasteiger partial charge in [0.25, 0.3) is 0 Å². The molecule has 2 aromatic heterocycles. The fourth-order valence-electron chi connectivity index (χ4n) is 6.87. The van der Waals surface area contributed by atoms with Crippen molar-refractivity contribution in [3.05, 3.63) is 125 Å². The second-order valence-electron chi connectivity index (χ2n) is 13.4. The summed E-state index contributed by atoms with van der Waals surface area (Å²) in [6.45, 7) is 7.67. The summed E-state index contributed by atoms with van der Waals surface area (Å²) in [4.78, 5) is 18.9. The molecule has 0 amide bonds. The van der Waals surface area contributed by atoms with E-state index in [2.05, 4.69) is 37.2 Å². The molecule has 6 aromatic rings. The average molecular weight is 723 g/mol. The number of piperazine rings is 1. The average Bonchev–Trinajstić information content (AvgIpc) is 3.90. The summed E-state index contributed by atoms with van der Waals surface area (Å²) in [5, 5.41) is 13.3. The molecule has 2 aliphatic rings. The highest BCUT2D eigenvalue weighted by molar-refractivity contribution is 5.73. The maximum atomic E-state index is 15.1. The van der Waals surface area contributed by atoms with Gasteiger partial charge in [0.05, 0.1) is 18.3 Å². The first kappa shape index (κ1) is 34.5. The third kappa shape index (κ3) is 6.99. The molecule has 0 radical (unpaired) electrons. The smallest absolute Gasteiger partial charge is 0.350 e. The molecule has 2 saturated heterocycles. The van der Waals surface area contributed by atoms with Crippen molar-refractivity contribution < 1.29 is 23.0 Å². The Morgan fingerprint density at radius 2 is 1.49 bits per heavy atom. The van der Waals surface area contributed by atoms with Gasteiger partial charge >= 0.3 is 5.69 Å². The largest absolute Gasteiger partial charge is 0.491 e. The first-order valence-corrected chi connectivity index (χ1v) is 17.8. The first-order chi connectivity index (χ1) is 25.8. The summed E-state index contributed by atoms with van der Waals surface area (Å²) in [5.74, 6) is -2.39. The van der Waals surface area contributed by atoms with E-state index in [-0.39, 0.29) is 37.1 Å². The van der Waals surface area contributed by atoms with Gasteiger partial charge < -0.3 is 24.0 Å². The number of fused-ring (bicyclic) bond motifs is 1. The van der Waals surface area contributed by atoms with Crippen LogP contribution in [0.1, 0.15) is 31.9 Å². The predicted molar refractivity (Wildman–Crippen MR) is 196 cm³/mol. The van der Waals surface area contributed by atoms with Crippen LogP contribution >= 0.6 is 0 Å². The Hall–Kier alpha value is -5.60. The van der Waals surface area contributed by atoms with Gasteiger partial charge in [-0.25, -0.2) is 22.8 Å². The molecule has 14 heteroatoms. The number of aromatic nitrogens is 6. The molecular formula is C39H40F2N8O4. The number of nitrogens with zero attached hydrogens (tertiary/aromatic N) is 8. The molecule has 3 atom stereocenters. The van der Waals surface area contributed by atoms with Gasteiger partial charge in [-0.05, 0) is 86.1 Å². The molecule has 0 aliphatic carbocycles. The lowest BCUT2D eigenvalue weighted by molar-refractivity contribution is -0.194. The Morgan fingerprint density at radius 3 is 2.11 bits per heavy atom. The van der Waals surface area contributed by atoms with Crippen LogP contribution in [0.5, 0.6) is 5.75 Å². The second-order valence-corrected chi connectivity index (χ2v) is 13.4. The van der Waals surface area contributed by atoms with E-state index in [9.17, 15) is 9.18 Å². The van der Waals surface area contributed by atoms with E-state index >= 15 is 4.39 Å². The topological polar surface area (TPSA) is 105 Å². The SMILES string of the molecule is CCC(C)n1ncn(-c2ccc(N3CCN(c4ccc(OCC5COC(Cn6nc7ccccc7n6)(c6ccc(F)cc6F)O5)cc4)CC3)cc2)c1=O. The van der Waals surface area contributed by atoms with Crippen molar-refractivity contribution in [1.29, 1.82) is 0 Å². The van der Waals surface area contributed by atoms with Crippen molar-refractivity contribution in [2.75, 3.05) is 49.2 Å². The maximum Gasteiger partial charge on any atom is 0.350 e. The monoisotopic (exact) mass is 722 g/mol. The number of anilines is 2. The van der Waals surface area contributed by atoms with Crippen LogP contribution in [0.2, 0.25) is 0 Å². The van der Waals surface area contributed by atoms with Crippen molar-refractivity contribution >= 4 is 22.4 Å². The zero-order valence-corrected chi connectivity index (χ0v) is 29.5. The molecular weight excluding hydrogens is 682 g/mol. The van der Waals surface area contributed by atoms with Gasteiger partial charge in [-0.3, -0.25) is 0 Å². The molecule has 12 nitrogen and oxygen atoms in total. The first-order valence-electron chi connectivity index (χ1n) is 17.8. The lowest BCUT2D eigenvalue weighted by Crippen LogP contribution is -2.46. The number of ether oxygens (including phenoxy) is 3. The van der Waals surface area contributed by atoms with Gasteiger partial charge in [0.2, 0.25) is 5.79 Å².